The predicted molar refractivity (Wildman–Crippen MR) is 119 cm³/mol. The van der Waals surface area contributed by atoms with Gasteiger partial charge in [0, 0.05) is 12.9 Å². The molecule has 8 heteroatoms. The van der Waals surface area contributed by atoms with Gasteiger partial charge in [0.25, 0.3) is 0 Å². The van der Waals surface area contributed by atoms with E-state index >= 15 is 0 Å². The largest absolute Gasteiger partial charge is 0.329 e. The van der Waals surface area contributed by atoms with E-state index < -0.39 is 7.60 Å². The van der Waals surface area contributed by atoms with Gasteiger partial charge in [0.05, 0.1) is 40.0 Å². The summed E-state index contributed by atoms with van der Waals surface area (Å²) in [5.74, 6) is 0. The van der Waals surface area contributed by atoms with Crippen molar-refractivity contribution in [2.75, 3.05) is 47.6 Å². The normalized spacial score (nSPS) is 14.2. The van der Waals surface area contributed by atoms with Crippen LogP contribution in [0.3, 0.4) is 0 Å². The van der Waals surface area contributed by atoms with Crippen molar-refractivity contribution in [1.82, 2.24) is 15.0 Å². The van der Waals surface area contributed by atoms with Gasteiger partial charge in [-0.2, -0.15) is 0 Å². The molecular formula is C21H44N4O3P+. The van der Waals surface area contributed by atoms with E-state index in [9.17, 15) is 4.57 Å². The van der Waals surface area contributed by atoms with Crippen LogP contribution < -0.4 is 0 Å². The molecule has 1 aromatic rings. The zero-order valence-corrected chi connectivity index (χ0v) is 20.3. The Morgan fingerprint density at radius 3 is 2.17 bits per heavy atom. The smallest absolute Gasteiger partial charge is 0.327 e. The molecule has 0 aliphatic heterocycles. The molecule has 0 saturated carbocycles. The SMILES string of the molecule is CCCCCCCCCCCc1cn(CCOP(C)(=O)OCC[N+](C)(C)C)nn1. The summed E-state index contributed by atoms with van der Waals surface area (Å²) in [4.78, 5) is 0. The van der Waals surface area contributed by atoms with Gasteiger partial charge < -0.3 is 13.5 Å². The fourth-order valence-corrected chi connectivity index (χ4v) is 3.90. The van der Waals surface area contributed by atoms with E-state index in [0.717, 1.165) is 29.6 Å². The van der Waals surface area contributed by atoms with Crippen molar-refractivity contribution in [1.29, 1.82) is 0 Å². The molecule has 0 N–H and O–H groups in total. The van der Waals surface area contributed by atoms with E-state index in [1.807, 2.05) is 6.20 Å². The molecule has 0 amide bonds. The van der Waals surface area contributed by atoms with Gasteiger partial charge in [0.15, 0.2) is 0 Å². The van der Waals surface area contributed by atoms with Gasteiger partial charge in [-0.25, -0.2) is 4.68 Å². The lowest BCUT2D eigenvalue weighted by molar-refractivity contribution is -0.870. The van der Waals surface area contributed by atoms with Gasteiger partial charge in [-0.1, -0.05) is 63.5 Å². The van der Waals surface area contributed by atoms with E-state index in [1.54, 1.807) is 4.68 Å². The van der Waals surface area contributed by atoms with Crippen LogP contribution in [0.4, 0.5) is 0 Å². The van der Waals surface area contributed by atoms with Crippen LogP contribution in [0.15, 0.2) is 6.20 Å². The highest BCUT2D eigenvalue weighted by molar-refractivity contribution is 7.52. The highest BCUT2D eigenvalue weighted by Gasteiger charge is 2.18. The van der Waals surface area contributed by atoms with E-state index in [0.29, 0.717) is 19.8 Å². The third-order valence-corrected chi connectivity index (χ3v) is 6.16. The maximum absolute atomic E-state index is 12.3. The van der Waals surface area contributed by atoms with Crippen LogP contribution in [-0.4, -0.2) is 67.0 Å². The standard InChI is InChI=1S/C21H44N4O3P/c1-6-7-8-9-10-11-12-13-14-15-21-20-24(23-22-21)16-18-27-29(5,26)28-19-17-25(2,3)4/h20H,6-19H2,1-5H3/q+1. The summed E-state index contributed by atoms with van der Waals surface area (Å²) in [6, 6.07) is 0. The fourth-order valence-electron chi connectivity index (χ4n) is 3.00. The number of unbranched alkanes of at least 4 members (excludes halogenated alkanes) is 8. The second-order valence-electron chi connectivity index (χ2n) is 9.00. The number of rotatable bonds is 18. The Hall–Kier alpha value is -0.750. The maximum Gasteiger partial charge on any atom is 0.327 e. The van der Waals surface area contributed by atoms with E-state index in [1.165, 1.54) is 58.0 Å². The molecule has 0 aliphatic carbocycles. The lowest BCUT2D eigenvalue weighted by Crippen LogP contribution is -2.37. The molecule has 1 aromatic heterocycles. The zero-order chi connectivity index (χ0) is 21.6. The van der Waals surface area contributed by atoms with Crippen LogP contribution in [0, 0.1) is 0 Å². The van der Waals surface area contributed by atoms with Crippen molar-refractivity contribution < 1.29 is 18.1 Å². The Labute approximate surface area is 178 Å². The number of nitrogens with zero attached hydrogens (tertiary/aromatic N) is 4. The Balaban J connectivity index is 2.11. The number of likely N-dealkylation sites (N-methyl/N-ethyl adjacent to an activating group) is 1. The van der Waals surface area contributed by atoms with Gasteiger partial charge in [-0.3, -0.25) is 4.57 Å². The second kappa shape index (κ2) is 14.3. The predicted octanol–water partition coefficient (Wildman–Crippen LogP) is 4.91. The van der Waals surface area contributed by atoms with Crippen molar-refractivity contribution in [2.45, 2.75) is 77.7 Å². The highest BCUT2D eigenvalue weighted by atomic mass is 31.2. The lowest BCUT2D eigenvalue weighted by atomic mass is 10.1. The quantitative estimate of drug-likeness (QED) is 0.188. The Kier molecular flexibility index (Phi) is 13.0. The third kappa shape index (κ3) is 14.8. The minimum absolute atomic E-state index is 0.305. The molecule has 29 heavy (non-hydrogen) atoms. The topological polar surface area (TPSA) is 66.2 Å². The minimum atomic E-state index is -3.02. The molecule has 0 spiro atoms. The molecule has 0 aromatic carbocycles. The highest BCUT2D eigenvalue weighted by Crippen LogP contribution is 2.43. The fraction of sp³-hybridized carbons (Fsp3) is 0.905. The summed E-state index contributed by atoms with van der Waals surface area (Å²) in [5.41, 5.74) is 1.02. The molecule has 0 radical (unpaired) electrons. The van der Waals surface area contributed by atoms with Gasteiger partial charge in [-0.15, -0.1) is 5.10 Å². The Morgan fingerprint density at radius 2 is 1.55 bits per heavy atom. The van der Waals surface area contributed by atoms with Gasteiger partial charge in [0.2, 0.25) is 0 Å². The number of hydrogen-bond acceptors (Lipinski definition) is 5. The summed E-state index contributed by atoms with van der Waals surface area (Å²) in [6.45, 7) is 5.82. The van der Waals surface area contributed by atoms with Crippen LogP contribution in [0.2, 0.25) is 0 Å². The van der Waals surface area contributed by atoms with E-state index in [-0.39, 0.29) is 0 Å². The molecule has 1 unspecified atom stereocenters. The minimum Gasteiger partial charge on any atom is -0.329 e. The van der Waals surface area contributed by atoms with E-state index in [4.69, 9.17) is 9.05 Å². The van der Waals surface area contributed by atoms with Crippen molar-refractivity contribution in [3.8, 4) is 0 Å². The molecule has 0 aliphatic rings. The first-order valence-corrected chi connectivity index (χ1v) is 13.3. The monoisotopic (exact) mass is 431 g/mol. The molecule has 0 saturated heterocycles. The third-order valence-electron chi connectivity index (χ3n) is 4.86. The summed E-state index contributed by atoms with van der Waals surface area (Å²) < 4.78 is 25.7. The maximum atomic E-state index is 12.3. The average molecular weight is 432 g/mol. The summed E-state index contributed by atoms with van der Waals surface area (Å²) in [7, 11) is 3.20. The first kappa shape index (κ1) is 26.3. The zero-order valence-electron chi connectivity index (χ0n) is 19.4. The number of hydrogen-bond donors (Lipinski definition) is 0. The van der Waals surface area contributed by atoms with E-state index in [2.05, 4.69) is 38.4 Å². The van der Waals surface area contributed by atoms with Gasteiger partial charge in [0.1, 0.15) is 13.2 Å². The Bertz CT molecular complexity index is 587. The second-order valence-corrected chi connectivity index (χ2v) is 11.1. The van der Waals surface area contributed by atoms with Crippen LogP contribution >= 0.6 is 7.60 Å². The van der Waals surface area contributed by atoms with Crippen molar-refractivity contribution in [3.05, 3.63) is 11.9 Å². The molecule has 7 nitrogen and oxygen atoms in total. The average Bonchev–Trinajstić information content (AvgIpc) is 3.06. The van der Waals surface area contributed by atoms with Gasteiger partial charge in [-0.05, 0) is 12.8 Å². The van der Waals surface area contributed by atoms with Gasteiger partial charge >= 0.3 is 7.60 Å². The molecule has 1 heterocycles. The number of quaternary nitrogens is 1. The van der Waals surface area contributed by atoms with Crippen molar-refractivity contribution in [3.63, 3.8) is 0 Å². The number of aryl methyl sites for hydroxylation is 1. The molecule has 1 rings (SSSR count). The van der Waals surface area contributed by atoms with Crippen LogP contribution in [0.1, 0.15) is 70.4 Å². The van der Waals surface area contributed by atoms with Crippen molar-refractivity contribution in [2.24, 2.45) is 0 Å². The van der Waals surface area contributed by atoms with Crippen LogP contribution in [0.5, 0.6) is 0 Å². The van der Waals surface area contributed by atoms with Crippen LogP contribution in [0.25, 0.3) is 0 Å². The number of aromatic nitrogens is 3. The van der Waals surface area contributed by atoms with Crippen molar-refractivity contribution >= 4 is 7.60 Å². The summed E-state index contributed by atoms with van der Waals surface area (Å²) in [6.07, 6.45) is 14.8. The van der Waals surface area contributed by atoms with Crippen LogP contribution in [-0.2, 0) is 26.6 Å². The molecule has 1 atom stereocenters. The molecular weight excluding hydrogens is 387 g/mol. The first-order chi connectivity index (χ1) is 13.7. The molecule has 0 bridgehead atoms. The Morgan fingerprint density at radius 1 is 0.966 bits per heavy atom. The first-order valence-electron chi connectivity index (χ1n) is 11.3. The molecule has 0 fully saturated rings. The summed E-state index contributed by atoms with van der Waals surface area (Å²) >= 11 is 0. The summed E-state index contributed by atoms with van der Waals surface area (Å²) in [5, 5.41) is 8.37. The lowest BCUT2D eigenvalue weighted by Gasteiger charge is -2.24. The molecule has 170 valence electrons.